The molecule has 7 nitrogen and oxygen atoms in total. The number of carbonyl (C=O) groups excluding carboxylic acids is 1. The van der Waals surface area contributed by atoms with Gasteiger partial charge in [0.1, 0.15) is 4.70 Å². The number of esters is 1. The molecule has 0 amide bonds. The van der Waals surface area contributed by atoms with Crippen LogP contribution in [-0.4, -0.2) is 37.7 Å². The standard InChI is InChI=1S/C15H10Cl2N2O5S2/c1-23-15(20)8-6-10(17)9(16)5-7(8)13-18-11-3-4-25-12(11)14(19-13)24-26(2,21)22/h3-6H,1-2H3. The Kier molecular flexibility index (Phi) is 5.07. The summed E-state index contributed by atoms with van der Waals surface area (Å²) in [4.78, 5) is 20.6. The van der Waals surface area contributed by atoms with Gasteiger partial charge in [0.15, 0.2) is 5.82 Å². The minimum absolute atomic E-state index is 0.0496. The summed E-state index contributed by atoms with van der Waals surface area (Å²) in [7, 11) is -2.60. The van der Waals surface area contributed by atoms with Crippen LogP contribution < -0.4 is 4.18 Å². The molecule has 2 heterocycles. The molecule has 26 heavy (non-hydrogen) atoms. The number of nitrogens with zero attached hydrogens (tertiary/aromatic N) is 2. The van der Waals surface area contributed by atoms with Gasteiger partial charge in [-0.15, -0.1) is 11.3 Å². The zero-order valence-corrected chi connectivity index (χ0v) is 16.5. The van der Waals surface area contributed by atoms with E-state index >= 15 is 0 Å². The van der Waals surface area contributed by atoms with Crippen LogP contribution in [0.4, 0.5) is 0 Å². The third-order valence-corrected chi connectivity index (χ3v) is 5.28. The van der Waals surface area contributed by atoms with E-state index in [9.17, 15) is 13.2 Å². The van der Waals surface area contributed by atoms with E-state index in [-0.39, 0.29) is 32.9 Å². The lowest BCUT2D eigenvalue weighted by atomic mass is 10.1. The largest absolute Gasteiger partial charge is 0.465 e. The zero-order valence-electron chi connectivity index (χ0n) is 13.3. The topological polar surface area (TPSA) is 95.5 Å². The van der Waals surface area contributed by atoms with E-state index in [1.165, 1.54) is 30.6 Å². The highest BCUT2D eigenvalue weighted by molar-refractivity contribution is 7.86. The molecule has 0 spiro atoms. The van der Waals surface area contributed by atoms with Crippen LogP contribution in [0.25, 0.3) is 21.6 Å². The summed E-state index contributed by atoms with van der Waals surface area (Å²) < 4.78 is 33.3. The lowest BCUT2D eigenvalue weighted by molar-refractivity contribution is 0.0601. The zero-order chi connectivity index (χ0) is 19.1. The lowest BCUT2D eigenvalue weighted by Crippen LogP contribution is -2.09. The van der Waals surface area contributed by atoms with E-state index in [0.29, 0.717) is 10.2 Å². The van der Waals surface area contributed by atoms with Gasteiger partial charge in [-0.05, 0) is 23.6 Å². The minimum Gasteiger partial charge on any atom is -0.465 e. The van der Waals surface area contributed by atoms with Crippen molar-refractivity contribution in [1.82, 2.24) is 9.97 Å². The SMILES string of the molecule is COC(=O)c1cc(Cl)c(Cl)cc1-c1nc(OS(C)(=O)=O)c2sccc2n1. The number of ether oxygens (including phenoxy) is 1. The predicted octanol–water partition coefficient (Wildman–Crippen LogP) is 3.79. The van der Waals surface area contributed by atoms with Gasteiger partial charge in [0.05, 0.1) is 34.5 Å². The fourth-order valence-corrected chi connectivity index (χ4v) is 3.71. The normalized spacial score (nSPS) is 11.5. The Morgan fingerprint density at radius 1 is 1.19 bits per heavy atom. The Hall–Kier alpha value is -1.94. The Morgan fingerprint density at radius 2 is 1.88 bits per heavy atom. The lowest BCUT2D eigenvalue weighted by Gasteiger charge is -2.10. The summed E-state index contributed by atoms with van der Waals surface area (Å²) in [6.45, 7) is 0. The van der Waals surface area contributed by atoms with Crippen LogP contribution in [0.5, 0.6) is 5.88 Å². The first kappa shape index (κ1) is 18.8. The summed E-state index contributed by atoms with van der Waals surface area (Å²) in [6.07, 6.45) is 0.910. The van der Waals surface area contributed by atoms with Gasteiger partial charge < -0.3 is 8.92 Å². The van der Waals surface area contributed by atoms with Crippen molar-refractivity contribution in [3.63, 3.8) is 0 Å². The van der Waals surface area contributed by atoms with Crippen LogP contribution >= 0.6 is 34.5 Å². The van der Waals surface area contributed by atoms with E-state index in [1.54, 1.807) is 11.4 Å². The van der Waals surface area contributed by atoms with Crippen molar-refractivity contribution < 1.29 is 22.1 Å². The van der Waals surface area contributed by atoms with Gasteiger partial charge in [-0.3, -0.25) is 0 Å². The summed E-state index contributed by atoms with van der Waals surface area (Å²) in [5.74, 6) is -0.754. The molecule has 0 N–H and O–H groups in total. The van der Waals surface area contributed by atoms with Crippen LogP contribution in [0.2, 0.25) is 10.0 Å². The molecule has 11 heteroatoms. The monoisotopic (exact) mass is 432 g/mol. The minimum atomic E-state index is -3.81. The molecule has 3 aromatic rings. The van der Waals surface area contributed by atoms with Crippen molar-refractivity contribution >= 4 is 60.8 Å². The first-order chi connectivity index (χ1) is 12.2. The summed E-state index contributed by atoms with van der Waals surface area (Å²) in [5.41, 5.74) is 0.778. The van der Waals surface area contributed by atoms with Gasteiger partial charge in [-0.25, -0.2) is 9.78 Å². The summed E-state index contributed by atoms with van der Waals surface area (Å²) in [5, 5.41) is 2.04. The van der Waals surface area contributed by atoms with Crippen molar-refractivity contribution in [2.24, 2.45) is 0 Å². The highest BCUT2D eigenvalue weighted by Gasteiger charge is 2.21. The molecule has 0 aliphatic carbocycles. The van der Waals surface area contributed by atoms with E-state index < -0.39 is 16.1 Å². The third kappa shape index (κ3) is 3.75. The number of carbonyl (C=O) groups is 1. The molecule has 0 aliphatic rings. The Bertz CT molecular complexity index is 1130. The maximum absolute atomic E-state index is 12.1. The van der Waals surface area contributed by atoms with Crippen LogP contribution in [0.3, 0.4) is 0 Å². The molecule has 0 fully saturated rings. The molecular weight excluding hydrogens is 423 g/mol. The number of hydrogen-bond donors (Lipinski definition) is 0. The number of thiophene rings is 1. The number of benzene rings is 1. The van der Waals surface area contributed by atoms with Crippen LogP contribution in [0, 0.1) is 0 Å². The van der Waals surface area contributed by atoms with Gasteiger partial charge >= 0.3 is 16.1 Å². The van der Waals surface area contributed by atoms with Crippen molar-refractivity contribution in [2.75, 3.05) is 13.4 Å². The predicted molar refractivity (Wildman–Crippen MR) is 99.7 cm³/mol. The summed E-state index contributed by atoms with van der Waals surface area (Å²) in [6, 6.07) is 4.42. The molecule has 0 atom stereocenters. The second kappa shape index (κ2) is 6.99. The average molecular weight is 433 g/mol. The number of rotatable bonds is 4. The molecule has 0 bridgehead atoms. The average Bonchev–Trinajstić information content (AvgIpc) is 3.03. The molecule has 0 saturated carbocycles. The second-order valence-electron chi connectivity index (χ2n) is 5.08. The summed E-state index contributed by atoms with van der Waals surface area (Å²) >= 11 is 13.3. The van der Waals surface area contributed by atoms with Crippen molar-refractivity contribution in [2.45, 2.75) is 0 Å². The number of methoxy groups -OCH3 is 1. The maximum atomic E-state index is 12.1. The first-order valence-electron chi connectivity index (χ1n) is 6.92. The maximum Gasteiger partial charge on any atom is 0.338 e. The van der Waals surface area contributed by atoms with Crippen molar-refractivity contribution in [3.05, 3.63) is 39.2 Å². The first-order valence-corrected chi connectivity index (χ1v) is 10.4. The molecule has 3 rings (SSSR count). The van der Waals surface area contributed by atoms with Crippen LogP contribution in [0.15, 0.2) is 23.6 Å². The number of hydrogen-bond acceptors (Lipinski definition) is 8. The third-order valence-electron chi connectivity index (χ3n) is 3.21. The van der Waals surface area contributed by atoms with Crippen LogP contribution in [0.1, 0.15) is 10.4 Å². The van der Waals surface area contributed by atoms with Gasteiger partial charge in [-0.2, -0.15) is 13.4 Å². The number of fused-ring (bicyclic) bond motifs is 1. The fourth-order valence-electron chi connectivity index (χ4n) is 2.17. The highest BCUT2D eigenvalue weighted by atomic mass is 35.5. The molecule has 2 aromatic heterocycles. The van der Waals surface area contributed by atoms with Gasteiger partial charge in [0, 0.05) is 5.56 Å². The number of aromatic nitrogens is 2. The quantitative estimate of drug-likeness (QED) is 0.456. The molecular formula is C15H10Cl2N2O5S2. The van der Waals surface area contributed by atoms with Gasteiger partial charge in [0.2, 0.25) is 0 Å². The molecule has 0 aliphatic heterocycles. The smallest absolute Gasteiger partial charge is 0.338 e. The Labute approximate surface area is 162 Å². The molecule has 0 radical (unpaired) electrons. The van der Waals surface area contributed by atoms with Crippen molar-refractivity contribution in [1.29, 1.82) is 0 Å². The Balaban J connectivity index is 2.29. The second-order valence-corrected chi connectivity index (χ2v) is 8.38. The molecule has 136 valence electrons. The molecule has 0 saturated heterocycles. The van der Waals surface area contributed by atoms with Crippen molar-refractivity contribution in [3.8, 4) is 17.3 Å². The molecule has 1 aromatic carbocycles. The van der Waals surface area contributed by atoms with Gasteiger partial charge in [0.25, 0.3) is 5.88 Å². The van der Waals surface area contributed by atoms with E-state index in [2.05, 4.69) is 9.97 Å². The molecule has 0 unspecified atom stereocenters. The van der Waals surface area contributed by atoms with E-state index in [4.69, 9.17) is 32.1 Å². The van der Waals surface area contributed by atoms with Gasteiger partial charge in [-0.1, -0.05) is 23.2 Å². The number of halogens is 2. The van der Waals surface area contributed by atoms with E-state index in [1.807, 2.05) is 0 Å². The van der Waals surface area contributed by atoms with Crippen LogP contribution in [-0.2, 0) is 14.9 Å². The fraction of sp³-hybridized carbons (Fsp3) is 0.133. The Morgan fingerprint density at radius 3 is 2.54 bits per heavy atom. The highest BCUT2D eigenvalue weighted by Crippen LogP contribution is 2.35. The van der Waals surface area contributed by atoms with E-state index in [0.717, 1.165) is 6.26 Å².